The molecule has 1 aliphatic carbocycles. The molecule has 2 aromatic heterocycles. The lowest BCUT2D eigenvalue weighted by Crippen LogP contribution is -2.51. The molecule has 2 atom stereocenters. The van der Waals surface area contributed by atoms with Crippen LogP contribution in [-0.2, 0) is 26.2 Å². The number of nitrogens with zero attached hydrogens (tertiary/aromatic N) is 7. The Morgan fingerprint density at radius 2 is 1.89 bits per heavy atom. The second kappa shape index (κ2) is 13.0. The van der Waals surface area contributed by atoms with E-state index in [-0.39, 0.29) is 18.0 Å². The first-order valence-corrected chi connectivity index (χ1v) is 16.6. The van der Waals surface area contributed by atoms with E-state index in [1.165, 1.54) is 11.3 Å². The van der Waals surface area contributed by atoms with Crippen LogP contribution in [-0.4, -0.2) is 97.2 Å². The number of carbonyl (C=O) groups is 2. The molecular weight excluding hydrogens is 606 g/mol. The summed E-state index contributed by atoms with van der Waals surface area (Å²) in [6.07, 6.45) is 1.73. The minimum atomic E-state index is -1.06. The second-order valence-electron chi connectivity index (χ2n) is 13.6. The van der Waals surface area contributed by atoms with Gasteiger partial charge in [0.2, 0.25) is 5.69 Å². The van der Waals surface area contributed by atoms with Crippen LogP contribution < -0.4 is 21.3 Å². The number of ether oxygens (including phenoxy) is 1. The predicted octanol–water partition coefficient (Wildman–Crippen LogP) is 3.93. The number of amides is 1. The van der Waals surface area contributed by atoms with Gasteiger partial charge in [-0.1, -0.05) is 5.16 Å². The number of amidine groups is 1. The normalized spacial score (nSPS) is 22.7. The van der Waals surface area contributed by atoms with Crippen molar-refractivity contribution < 1.29 is 19.2 Å². The number of anilines is 3. The zero-order chi connectivity index (χ0) is 33.4. The molecule has 4 N–H and O–H groups in total. The van der Waals surface area contributed by atoms with Crippen molar-refractivity contribution in [2.45, 2.75) is 70.9 Å². The lowest BCUT2D eigenvalue weighted by atomic mass is 9.73. The number of nitrogens with two attached hydrogens (primary N) is 2. The Balaban J connectivity index is 1.40. The SMILES string of the molecule is [C-]#[N+]c1c(N)sc2c1C(C)(C(=O)O/N=C(\N)c1cc(N3CCN(C(=O)OC(C)(C)C)CC3)cc(N3CCN(C)C[C@@H]3C)n1)CCC2. The number of nitrogen functional groups attached to an aromatic ring is 1. The van der Waals surface area contributed by atoms with E-state index in [0.29, 0.717) is 54.5 Å². The first kappa shape index (κ1) is 33.3. The fourth-order valence-corrected chi connectivity index (χ4v) is 7.61. The van der Waals surface area contributed by atoms with E-state index in [1.807, 2.05) is 32.9 Å². The van der Waals surface area contributed by atoms with Crippen LogP contribution in [0.3, 0.4) is 0 Å². The zero-order valence-electron chi connectivity index (χ0n) is 27.6. The lowest BCUT2D eigenvalue weighted by molar-refractivity contribution is -0.150. The summed E-state index contributed by atoms with van der Waals surface area (Å²) < 4.78 is 5.57. The molecule has 248 valence electrons. The number of likely N-dealkylation sites (N-methyl/N-ethyl adjacent to an activating group) is 1. The van der Waals surface area contributed by atoms with Gasteiger partial charge < -0.3 is 40.6 Å². The summed E-state index contributed by atoms with van der Waals surface area (Å²) in [5.74, 6) is 0.147. The molecule has 2 saturated heterocycles. The molecule has 14 heteroatoms. The minimum Gasteiger partial charge on any atom is -0.444 e. The Labute approximate surface area is 274 Å². The van der Waals surface area contributed by atoms with Crippen molar-refractivity contribution in [3.05, 3.63) is 39.7 Å². The van der Waals surface area contributed by atoms with E-state index >= 15 is 0 Å². The Kier molecular flexibility index (Phi) is 9.38. The second-order valence-corrected chi connectivity index (χ2v) is 14.7. The molecule has 46 heavy (non-hydrogen) atoms. The van der Waals surface area contributed by atoms with Gasteiger partial charge in [0.1, 0.15) is 17.1 Å². The molecule has 1 amide bonds. The smallest absolute Gasteiger partial charge is 0.410 e. The van der Waals surface area contributed by atoms with Gasteiger partial charge >= 0.3 is 12.1 Å². The fourth-order valence-electron chi connectivity index (χ4n) is 6.43. The van der Waals surface area contributed by atoms with E-state index in [9.17, 15) is 9.59 Å². The molecule has 5 rings (SSSR count). The molecule has 3 aliphatic rings. The van der Waals surface area contributed by atoms with E-state index in [0.717, 1.165) is 48.9 Å². The molecule has 4 heterocycles. The van der Waals surface area contributed by atoms with Gasteiger partial charge in [0.15, 0.2) is 5.84 Å². The highest BCUT2D eigenvalue weighted by Crippen LogP contribution is 2.50. The maximum Gasteiger partial charge on any atom is 0.410 e. The highest BCUT2D eigenvalue weighted by Gasteiger charge is 2.44. The number of hydrogen-bond acceptors (Lipinski definition) is 11. The summed E-state index contributed by atoms with van der Waals surface area (Å²) in [6, 6.07) is 4.10. The predicted molar refractivity (Wildman–Crippen MR) is 181 cm³/mol. The molecule has 1 unspecified atom stereocenters. The standard InChI is InChI=1S/C32H45N9O4S/c1-20-19-38(7)11-16-41(20)24-18-21(39-12-14-40(15-13-39)30(43)44-31(2,3)4)17-22(36-24)27(33)37-45-29(42)32(5)10-8-9-23-25(32)26(35-6)28(34)46-23/h17-18,20H,8-16,19,34H2,1-5,7H3,(H2,33,37)/t20-,32?/m0/s1. The largest absolute Gasteiger partial charge is 0.444 e. The number of oxime groups is 1. The molecule has 2 aliphatic heterocycles. The molecule has 0 saturated carbocycles. The Hall–Kier alpha value is -4.09. The van der Waals surface area contributed by atoms with Crippen molar-refractivity contribution in [2.75, 3.05) is 68.4 Å². The van der Waals surface area contributed by atoms with Gasteiger partial charge in [0, 0.05) is 63.6 Å². The molecular formula is C32H45N9O4S. The lowest BCUT2D eigenvalue weighted by Gasteiger charge is -2.40. The number of piperazine rings is 2. The Morgan fingerprint density at radius 1 is 1.17 bits per heavy atom. The topological polar surface area (TPSA) is 147 Å². The fraction of sp³-hybridized carbons (Fsp3) is 0.594. The van der Waals surface area contributed by atoms with E-state index in [2.05, 4.69) is 38.7 Å². The number of rotatable bonds is 5. The summed E-state index contributed by atoms with van der Waals surface area (Å²) in [5.41, 5.74) is 13.2. The van der Waals surface area contributed by atoms with E-state index in [1.54, 1.807) is 11.8 Å². The van der Waals surface area contributed by atoms with Crippen molar-refractivity contribution in [1.82, 2.24) is 14.8 Å². The van der Waals surface area contributed by atoms with Gasteiger partial charge in [-0.3, -0.25) is 0 Å². The third-order valence-corrected chi connectivity index (χ3v) is 9.95. The summed E-state index contributed by atoms with van der Waals surface area (Å²) in [6.45, 7) is 22.0. The van der Waals surface area contributed by atoms with Crippen LogP contribution in [0.1, 0.15) is 63.6 Å². The van der Waals surface area contributed by atoms with Crippen molar-refractivity contribution >= 4 is 51.4 Å². The average Bonchev–Trinajstić information content (AvgIpc) is 3.34. The number of carbonyl (C=O) groups excluding carboxylic acids is 2. The zero-order valence-corrected chi connectivity index (χ0v) is 28.4. The molecule has 2 aromatic rings. The van der Waals surface area contributed by atoms with Crippen LogP contribution in [0.2, 0.25) is 0 Å². The first-order chi connectivity index (χ1) is 21.7. The third-order valence-electron chi connectivity index (χ3n) is 8.88. The van der Waals surface area contributed by atoms with Crippen LogP contribution >= 0.6 is 11.3 Å². The Morgan fingerprint density at radius 3 is 2.54 bits per heavy atom. The minimum absolute atomic E-state index is 0.0273. The number of hydrogen-bond donors (Lipinski definition) is 2. The number of thiophene rings is 1. The van der Waals surface area contributed by atoms with Gasteiger partial charge in [0.25, 0.3) is 0 Å². The van der Waals surface area contributed by atoms with Crippen LogP contribution in [0, 0.1) is 6.57 Å². The number of aryl methyl sites for hydroxylation is 1. The van der Waals surface area contributed by atoms with E-state index < -0.39 is 17.0 Å². The van der Waals surface area contributed by atoms with Gasteiger partial charge in [-0.05, 0) is 77.4 Å². The molecule has 0 spiro atoms. The maximum atomic E-state index is 13.6. The monoisotopic (exact) mass is 651 g/mol. The van der Waals surface area contributed by atoms with Crippen LogP contribution in [0.15, 0.2) is 17.3 Å². The summed E-state index contributed by atoms with van der Waals surface area (Å²) in [5, 5.41) is 4.50. The van der Waals surface area contributed by atoms with E-state index in [4.69, 9.17) is 32.6 Å². The highest BCUT2D eigenvalue weighted by atomic mass is 32.1. The summed E-state index contributed by atoms with van der Waals surface area (Å²) in [7, 11) is 2.10. The van der Waals surface area contributed by atoms with Crippen LogP contribution in [0.25, 0.3) is 4.85 Å². The highest BCUT2D eigenvalue weighted by molar-refractivity contribution is 7.16. The molecule has 2 fully saturated rings. The van der Waals surface area contributed by atoms with Gasteiger partial charge in [-0.2, -0.15) is 0 Å². The van der Waals surface area contributed by atoms with Crippen molar-refractivity contribution in [3.63, 3.8) is 0 Å². The van der Waals surface area contributed by atoms with Crippen LogP contribution in [0.5, 0.6) is 0 Å². The number of aromatic nitrogens is 1. The average molecular weight is 652 g/mol. The molecule has 0 aromatic carbocycles. The maximum absolute atomic E-state index is 13.6. The molecule has 13 nitrogen and oxygen atoms in total. The quantitative estimate of drug-likeness (QED) is 0.160. The summed E-state index contributed by atoms with van der Waals surface area (Å²) >= 11 is 1.36. The van der Waals surface area contributed by atoms with Crippen LogP contribution in [0.4, 0.5) is 27.0 Å². The molecule has 0 radical (unpaired) electrons. The van der Waals surface area contributed by atoms with Crippen molar-refractivity contribution in [2.24, 2.45) is 10.9 Å². The summed E-state index contributed by atoms with van der Waals surface area (Å²) in [4.78, 5) is 49.6. The number of pyridine rings is 1. The first-order valence-electron chi connectivity index (χ1n) is 15.7. The van der Waals surface area contributed by atoms with Crippen molar-refractivity contribution in [3.8, 4) is 0 Å². The third kappa shape index (κ3) is 6.85. The number of fused-ring (bicyclic) bond motifs is 1. The van der Waals surface area contributed by atoms with Gasteiger partial charge in [-0.15, -0.1) is 11.3 Å². The van der Waals surface area contributed by atoms with Gasteiger partial charge in [-0.25, -0.2) is 19.4 Å². The molecule has 0 bridgehead atoms. The Bertz CT molecular complexity index is 1550. The van der Waals surface area contributed by atoms with Crippen molar-refractivity contribution in [1.29, 1.82) is 0 Å². The van der Waals surface area contributed by atoms with Gasteiger partial charge in [0.05, 0.1) is 17.0 Å².